The molecule has 0 unspecified atom stereocenters. The Labute approximate surface area is 110 Å². The lowest BCUT2D eigenvalue weighted by atomic mass is 10.2. The maximum absolute atomic E-state index is 11.3. The molecule has 102 valence electrons. The van der Waals surface area contributed by atoms with Gasteiger partial charge in [-0.2, -0.15) is 5.06 Å². The zero-order chi connectivity index (χ0) is 14.1. The summed E-state index contributed by atoms with van der Waals surface area (Å²) in [6.07, 6.45) is -0.261. The number of benzene rings is 1. The molecule has 0 bridgehead atoms. The maximum atomic E-state index is 11.3. The Morgan fingerprint density at radius 3 is 2.58 bits per heavy atom. The van der Waals surface area contributed by atoms with E-state index in [9.17, 15) is 14.4 Å². The van der Waals surface area contributed by atoms with Crippen molar-refractivity contribution >= 4 is 18.3 Å². The normalized spacial score (nSPS) is 9.53. The fourth-order valence-electron chi connectivity index (χ4n) is 1.25. The van der Waals surface area contributed by atoms with Crippen molar-refractivity contribution in [3.8, 4) is 0 Å². The Balaban J connectivity index is 2.30. The number of hydrogen-bond donors (Lipinski definition) is 0. The van der Waals surface area contributed by atoms with Gasteiger partial charge in [-0.3, -0.25) is 4.79 Å². The zero-order valence-corrected chi connectivity index (χ0v) is 10.6. The first-order valence-corrected chi connectivity index (χ1v) is 5.72. The molecular weight excluding hydrogens is 250 g/mol. The van der Waals surface area contributed by atoms with Crippen LogP contribution in [0.3, 0.4) is 0 Å². The van der Waals surface area contributed by atoms with Crippen LogP contribution in [0, 0.1) is 0 Å². The SMILES string of the molecule is CN(OC(=O)OCc1ccccc1)C(=O)CCC=O. The highest BCUT2D eigenvalue weighted by Crippen LogP contribution is 2.03. The summed E-state index contributed by atoms with van der Waals surface area (Å²) in [5.74, 6) is -0.469. The molecule has 0 heterocycles. The van der Waals surface area contributed by atoms with Crippen molar-refractivity contribution in [3.05, 3.63) is 35.9 Å². The molecule has 0 aromatic heterocycles. The second kappa shape index (κ2) is 7.86. The number of aldehydes is 1. The molecule has 0 aliphatic carbocycles. The molecule has 1 aromatic carbocycles. The van der Waals surface area contributed by atoms with Crippen LogP contribution < -0.4 is 0 Å². The number of ether oxygens (including phenoxy) is 1. The fourth-order valence-corrected chi connectivity index (χ4v) is 1.25. The van der Waals surface area contributed by atoms with Crippen LogP contribution in [-0.4, -0.2) is 30.5 Å². The van der Waals surface area contributed by atoms with Crippen LogP contribution >= 0.6 is 0 Å². The molecule has 0 radical (unpaired) electrons. The van der Waals surface area contributed by atoms with E-state index >= 15 is 0 Å². The summed E-state index contributed by atoms with van der Waals surface area (Å²) in [6.45, 7) is 0.0655. The molecule has 0 aliphatic rings. The Kier molecular flexibility index (Phi) is 6.08. The van der Waals surface area contributed by atoms with Gasteiger partial charge in [0, 0.05) is 19.9 Å². The Morgan fingerprint density at radius 2 is 1.95 bits per heavy atom. The van der Waals surface area contributed by atoms with E-state index in [0.29, 0.717) is 6.29 Å². The van der Waals surface area contributed by atoms with E-state index in [1.807, 2.05) is 18.2 Å². The van der Waals surface area contributed by atoms with E-state index in [4.69, 9.17) is 4.74 Å². The molecular formula is C13H15NO5. The van der Waals surface area contributed by atoms with Crippen LogP contribution in [0.5, 0.6) is 0 Å². The van der Waals surface area contributed by atoms with Gasteiger partial charge >= 0.3 is 6.16 Å². The number of carbonyl (C=O) groups excluding carboxylic acids is 3. The van der Waals surface area contributed by atoms with Gasteiger partial charge in [0.15, 0.2) is 0 Å². The zero-order valence-electron chi connectivity index (χ0n) is 10.6. The first kappa shape index (κ1) is 14.7. The molecule has 0 saturated carbocycles. The number of nitrogens with zero attached hydrogens (tertiary/aromatic N) is 1. The minimum atomic E-state index is -0.967. The van der Waals surface area contributed by atoms with Gasteiger partial charge in [0.1, 0.15) is 12.9 Å². The average Bonchev–Trinajstić information content (AvgIpc) is 2.43. The molecule has 0 N–H and O–H groups in total. The number of rotatable bonds is 5. The van der Waals surface area contributed by atoms with Crippen LogP contribution in [0.15, 0.2) is 30.3 Å². The lowest BCUT2D eigenvalue weighted by Crippen LogP contribution is -2.30. The van der Waals surface area contributed by atoms with E-state index in [0.717, 1.165) is 10.6 Å². The summed E-state index contributed by atoms with van der Waals surface area (Å²) in [5, 5.41) is 0.761. The molecule has 1 rings (SSSR count). The van der Waals surface area contributed by atoms with Gasteiger partial charge in [0.2, 0.25) is 0 Å². The van der Waals surface area contributed by atoms with E-state index in [1.54, 1.807) is 12.1 Å². The van der Waals surface area contributed by atoms with Crippen LogP contribution in [0.1, 0.15) is 18.4 Å². The van der Waals surface area contributed by atoms with Crippen LogP contribution in [0.25, 0.3) is 0 Å². The van der Waals surface area contributed by atoms with Gasteiger partial charge in [-0.05, 0) is 5.56 Å². The van der Waals surface area contributed by atoms with E-state index in [1.165, 1.54) is 7.05 Å². The molecule has 0 aliphatic heterocycles. The van der Waals surface area contributed by atoms with E-state index in [-0.39, 0.29) is 19.4 Å². The van der Waals surface area contributed by atoms with Crippen molar-refractivity contribution < 1.29 is 24.0 Å². The van der Waals surface area contributed by atoms with Gasteiger partial charge in [-0.15, -0.1) is 0 Å². The van der Waals surface area contributed by atoms with Crippen molar-refractivity contribution in [1.82, 2.24) is 5.06 Å². The predicted molar refractivity (Wildman–Crippen MR) is 65.8 cm³/mol. The lowest BCUT2D eigenvalue weighted by molar-refractivity contribution is -0.166. The van der Waals surface area contributed by atoms with E-state index in [2.05, 4.69) is 4.84 Å². The van der Waals surface area contributed by atoms with Crippen molar-refractivity contribution in [2.24, 2.45) is 0 Å². The third-order valence-corrected chi connectivity index (χ3v) is 2.24. The Morgan fingerprint density at radius 1 is 1.26 bits per heavy atom. The van der Waals surface area contributed by atoms with Gasteiger partial charge in [-0.1, -0.05) is 30.3 Å². The van der Waals surface area contributed by atoms with Crippen LogP contribution in [0.2, 0.25) is 0 Å². The first-order chi connectivity index (χ1) is 9.13. The molecule has 1 aromatic rings. The van der Waals surface area contributed by atoms with Gasteiger partial charge in [0.25, 0.3) is 5.91 Å². The standard InChI is InChI=1S/C13H15NO5/c1-14(12(16)8-5-9-15)19-13(17)18-10-11-6-3-2-4-7-11/h2-4,6-7,9H,5,8,10H2,1H3. The summed E-state index contributed by atoms with van der Waals surface area (Å²) in [6, 6.07) is 9.08. The quantitative estimate of drug-likeness (QED) is 0.460. The van der Waals surface area contributed by atoms with Gasteiger partial charge in [0.05, 0.1) is 0 Å². The third kappa shape index (κ3) is 5.67. The first-order valence-electron chi connectivity index (χ1n) is 5.72. The van der Waals surface area contributed by atoms with Crippen molar-refractivity contribution in [2.45, 2.75) is 19.4 Å². The van der Waals surface area contributed by atoms with Crippen LogP contribution in [0.4, 0.5) is 4.79 Å². The summed E-state index contributed by atoms with van der Waals surface area (Å²) in [4.78, 5) is 37.4. The summed E-state index contributed by atoms with van der Waals surface area (Å²) >= 11 is 0. The highest BCUT2D eigenvalue weighted by molar-refractivity contribution is 5.78. The molecule has 1 amide bonds. The van der Waals surface area contributed by atoms with Crippen molar-refractivity contribution in [3.63, 3.8) is 0 Å². The summed E-state index contributed by atoms with van der Waals surface area (Å²) in [7, 11) is 1.29. The smallest absolute Gasteiger partial charge is 0.428 e. The van der Waals surface area contributed by atoms with Crippen molar-refractivity contribution in [1.29, 1.82) is 0 Å². The highest BCUT2D eigenvalue weighted by Gasteiger charge is 2.14. The molecule has 0 saturated heterocycles. The summed E-state index contributed by atoms with van der Waals surface area (Å²) < 4.78 is 4.83. The van der Waals surface area contributed by atoms with Gasteiger partial charge < -0.3 is 14.4 Å². The Bertz CT molecular complexity index is 432. The minimum Gasteiger partial charge on any atom is -0.428 e. The third-order valence-electron chi connectivity index (χ3n) is 2.24. The Hall–Kier alpha value is -2.37. The molecule has 0 spiro atoms. The number of hydroxylamine groups is 2. The molecule has 0 atom stereocenters. The number of amides is 1. The molecule has 6 heteroatoms. The second-order valence-corrected chi connectivity index (χ2v) is 3.71. The minimum absolute atomic E-state index is 0.00797. The topological polar surface area (TPSA) is 72.9 Å². The largest absolute Gasteiger partial charge is 0.533 e. The lowest BCUT2D eigenvalue weighted by Gasteiger charge is -2.15. The fraction of sp³-hybridized carbons (Fsp3) is 0.308. The number of carbonyl (C=O) groups is 3. The van der Waals surface area contributed by atoms with E-state index < -0.39 is 12.1 Å². The second-order valence-electron chi connectivity index (χ2n) is 3.71. The van der Waals surface area contributed by atoms with Crippen LogP contribution in [-0.2, 0) is 25.8 Å². The monoisotopic (exact) mass is 265 g/mol. The summed E-state index contributed by atoms with van der Waals surface area (Å²) in [5.41, 5.74) is 0.814. The average molecular weight is 265 g/mol. The highest BCUT2D eigenvalue weighted by atomic mass is 16.8. The van der Waals surface area contributed by atoms with Gasteiger partial charge in [-0.25, -0.2) is 4.79 Å². The molecule has 6 nitrogen and oxygen atoms in total. The van der Waals surface area contributed by atoms with Crippen molar-refractivity contribution in [2.75, 3.05) is 7.05 Å². The molecule has 19 heavy (non-hydrogen) atoms. The predicted octanol–water partition coefficient (Wildman–Crippen LogP) is 1.69. The number of hydrogen-bond acceptors (Lipinski definition) is 5. The maximum Gasteiger partial charge on any atom is 0.533 e. The molecule has 0 fully saturated rings.